The molecule has 156 valence electrons. The van der Waals surface area contributed by atoms with Crippen LogP contribution in [0.5, 0.6) is 11.5 Å². The van der Waals surface area contributed by atoms with E-state index in [1.54, 1.807) is 20.3 Å². The largest absolute Gasteiger partial charge is 0.497 e. The molecule has 1 unspecified atom stereocenters. The maximum atomic E-state index is 14.4. The zero-order chi connectivity index (χ0) is 20.4. The number of halogens is 1. The molecule has 0 aromatic heterocycles. The highest BCUT2D eigenvalue weighted by Gasteiger charge is 2.52. The molecular weight excluding hydrogens is 369 g/mol. The number of benzene rings is 2. The molecule has 1 heterocycles. The summed E-state index contributed by atoms with van der Waals surface area (Å²) in [6.45, 7) is 1.39. The minimum Gasteiger partial charge on any atom is -0.497 e. The minimum atomic E-state index is -0.657. The third-order valence-electron chi connectivity index (χ3n) is 6.93. The number of aliphatic hydroxyl groups is 1. The smallest absolute Gasteiger partial charge is 0.132 e. The van der Waals surface area contributed by atoms with Crippen LogP contribution < -0.4 is 14.4 Å². The molecule has 1 aliphatic heterocycles. The molecule has 4 nitrogen and oxygen atoms in total. The highest BCUT2D eigenvalue weighted by Crippen LogP contribution is 2.46. The Hall–Kier alpha value is -2.11. The van der Waals surface area contributed by atoms with Gasteiger partial charge in [0.2, 0.25) is 0 Å². The average molecular weight is 401 g/mol. The molecule has 4 rings (SSSR count). The van der Waals surface area contributed by atoms with Crippen molar-refractivity contribution in [3.63, 3.8) is 0 Å². The maximum Gasteiger partial charge on any atom is 0.132 e. The Bertz CT molecular complexity index is 858. The number of quaternary nitrogens is 1. The lowest BCUT2D eigenvalue weighted by atomic mass is 9.66. The number of likely N-dealkylation sites (tertiary alicyclic amines) is 1. The number of ether oxygens (including phenoxy) is 2. The van der Waals surface area contributed by atoms with Gasteiger partial charge in [0.05, 0.1) is 31.9 Å². The second-order valence-electron chi connectivity index (χ2n) is 8.47. The van der Waals surface area contributed by atoms with Gasteiger partial charge in [0, 0.05) is 17.9 Å². The van der Waals surface area contributed by atoms with Crippen molar-refractivity contribution in [1.82, 2.24) is 0 Å². The summed E-state index contributed by atoms with van der Waals surface area (Å²) in [5.74, 6) is 1.53. The Morgan fingerprint density at radius 3 is 2.69 bits per heavy atom. The van der Waals surface area contributed by atoms with Crippen LogP contribution in [0, 0.1) is 11.7 Å². The van der Waals surface area contributed by atoms with E-state index in [2.05, 4.69) is 0 Å². The fourth-order valence-electron chi connectivity index (χ4n) is 5.46. The number of fused-ring (bicyclic) bond motifs is 1. The van der Waals surface area contributed by atoms with Gasteiger partial charge >= 0.3 is 0 Å². The topological polar surface area (TPSA) is 43.1 Å². The van der Waals surface area contributed by atoms with E-state index in [0.717, 1.165) is 61.3 Å². The first kappa shape index (κ1) is 20.2. The van der Waals surface area contributed by atoms with Gasteiger partial charge < -0.3 is 19.5 Å². The highest BCUT2D eigenvalue weighted by molar-refractivity contribution is 5.42. The first-order valence-electron chi connectivity index (χ1n) is 10.6. The Morgan fingerprint density at radius 2 is 1.93 bits per heavy atom. The maximum absolute atomic E-state index is 14.4. The Balaban J connectivity index is 1.78. The molecule has 2 aliphatic rings. The molecule has 2 fully saturated rings. The number of methoxy groups -OCH3 is 2. The Kier molecular flexibility index (Phi) is 5.79. The van der Waals surface area contributed by atoms with Crippen LogP contribution in [-0.2, 0) is 6.54 Å². The first-order valence-corrected chi connectivity index (χ1v) is 10.6. The fraction of sp³-hybridized carbons (Fsp3) is 0.500. The number of rotatable bonds is 5. The van der Waals surface area contributed by atoms with Gasteiger partial charge in [-0.15, -0.1) is 0 Å². The molecule has 1 aliphatic carbocycles. The van der Waals surface area contributed by atoms with Gasteiger partial charge in [-0.3, -0.25) is 0 Å². The number of hydrogen-bond donors (Lipinski definition) is 2. The van der Waals surface area contributed by atoms with E-state index in [1.165, 1.54) is 11.0 Å². The number of piperidine rings is 1. The summed E-state index contributed by atoms with van der Waals surface area (Å²) in [6.07, 6.45) is 4.75. The van der Waals surface area contributed by atoms with Crippen molar-refractivity contribution in [2.75, 3.05) is 20.8 Å². The molecule has 1 saturated heterocycles. The van der Waals surface area contributed by atoms with Crippen LogP contribution in [0.1, 0.15) is 49.3 Å². The second-order valence-corrected chi connectivity index (χ2v) is 8.47. The summed E-state index contributed by atoms with van der Waals surface area (Å²) >= 11 is 0. The van der Waals surface area contributed by atoms with E-state index >= 15 is 0 Å². The van der Waals surface area contributed by atoms with Crippen LogP contribution in [0.2, 0.25) is 0 Å². The predicted octanol–water partition coefficient (Wildman–Crippen LogP) is 3.29. The third-order valence-corrected chi connectivity index (χ3v) is 6.93. The van der Waals surface area contributed by atoms with E-state index in [-0.39, 0.29) is 17.8 Å². The second kappa shape index (κ2) is 8.33. The van der Waals surface area contributed by atoms with Crippen LogP contribution >= 0.6 is 0 Å². The quantitative estimate of drug-likeness (QED) is 0.809. The molecule has 2 aromatic carbocycles. The van der Waals surface area contributed by atoms with Crippen LogP contribution in [0.25, 0.3) is 0 Å². The SMILES string of the molecule is COc1ccc(OC)c([C@H]2[C@@H]3CCCC[C@@]3(O)CC[NH+]2Cc2ccccc2F)c1. The van der Waals surface area contributed by atoms with Crippen molar-refractivity contribution in [3.8, 4) is 11.5 Å². The van der Waals surface area contributed by atoms with E-state index in [1.807, 2.05) is 30.3 Å². The zero-order valence-electron chi connectivity index (χ0n) is 17.3. The summed E-state index contributed by atoms with van der Waals surface area (Å²) in [7, 11) is 3.34. The average Bonchev–Trinajstić information content (AvgIpc) is 2.74. The Labute approximate surface area is 172 Å². The van der Waals surface area contributed by atoms with Crippen molar-refractivity contribution >= 4 is 0 Å². The molecule has 2 aromatic rings. The summed E-state index contributed by atoms with van der Waals surface area (Å²) in [4.78, 5) is 1.28. The van der Waals surface area contributed by atoms with Crippen LogP contribution in [0.3, 0.4) is 0 Å². The lowest BCUT2D eigenvalue weighted by Crippen LogP contribution is -3.13. The van der Waals surface area contributed by atoms with Crippen LogP contribution in [0.15, 0.2) is 42.5 Å². The monoisotopic (exact) mass is 400 g/mol. The molecule has 0 radical (unpaired) electrons. The number of nitrogens with one attached hydrogen (secondary N) is 1. The van der Waals surface area contributed by atoms with Crippen LogP contribution in [0.4, 0.5) is 4.39 Å². The van der Waals surface area contributed by atoms with Gasteiger partial charge in [-0.25, -0.2) is 4.39 Å². The molecular formula is C24H31FNO3+. The van der Waals surface area contributed by atoms with E-state index in [4.69, 9.17) is 9.47 Å². The molecule has 0 bridgehead atoms. The third kappa shape index (κ3) is 3.86. The van der Waals surface area contributed by atoms with Gasteiger partial charge in [0.15, 0.2) is 0 Å². The zero-order valence-corrected chi connectivity index (χ0v) is 17.3. The molecule has 1 saturated carbocycles. The van der Waals surface area contributed by atoms with Gasteiger partial charge in [-0.2, -0.15) is 0 Å². The number of hydrogen-bond acceptors (Lipinski definition) is 3. The van der Waals surface area contributed by atoms with Crippen molar-refractivity contribution in [1.29, 1.82) is 0 Å². The van der Waals surface area contributed by atoms with Crippen LogP contribution in [-0.4, -0.2) is 31.5 Å². The molecule has 0 spiro atoms. The van der Waals surface area contributed by atoms with Crippen molar-refractivity contribution in [2.24, 2.45) is 5.92 Å². The summed E-state index contributed by atoms with van der Waals surface area (Å²) in [6, 6.07) is 12.9. The Morgan fingerprint density at radius 1 is 1.10 bits per heavy atom. The first-order chi connectivity index (χ1) is 14.1. The van der Waals surface area contributed by atoms with Crippen molar-refractivity contribution < 1.29 is 23.9 Å². The lowest BCUT2D eigenvalue weighted by Gasteiger charge is -2.50. The van der Waals surface area contributed by atoms with Crippen molar-refractivity contribution in [2.45, 2.75) is 50.3 Å². The van der Waals surface area contributed by atoms with Gasteiger partial charge in [-0.1, -0.05) is 31.0 Å². The highest BCUT2D eigenvalue weighted by atomic mass is 19.1. The minimum absolute atomic E-state index is 0.0266. The summed E-state index contributed by atoms with van der Waals surface area (Å²) in [5.41, 5.74) is 1.11. The van der Waals surface area contributed by atoms with Gasteiger partial charge in [-0.05, 0) is 37.1 Å². The summed E-state index contributed by atoms with van der Waals surface area (Å²) in [5, 5.41) is 11.5. The molecule has 29 heavy (non-hydrogen) atoms. The molecule has 4 atom stereocenters. The molecule has 5 heteroatoms. The van der Waals surface area contributed by atoms with Gasteiger partial charge in [0.25, 0.3) is 0 Å². The lowest BCUT2D eigenvalue weighted by molar-refractivity contribution is -0.958. The van der Waals surface area contributed by atoms with E-state index in [0.29, 0.717) is 6.54 Å². The van der Waals surface area contributed by atoms with Gasteiger partial charge in [0.1, 0.15) is 29.9 Å². The van der Waals surface area contributed by atoms with E-state index < -0.39 is 5.60 Å². The van der Waals surface area contributed by atoms with Crippen molar-refractivity contribution in [3.05, 3.63) is 59.4 Å². The molecule has 2 N–H and O–H groups in total. The predicted molar refractivity (Wildman–Crippen MR) is 110 cm³/mol. The summed E-state index contributed by atoms with van der Waals surface area (Å²) < 4.78 is 25.6. The van der Waals surface area contributed by atoms with E-state index in [9.17, 15) is 9.50 Å². The normalized spacial score (nSPS) is 29.2. The molecule has 0 amide bonds. The standard InChI is InChI=1S/C24H30FNO3/c1-28-18-10-11-22(29-2)19(15-18)23-20-8-5-6-12-24(20,27)13-14-26(23)16-17-7-3-4-9-21(17)25/h3-4,7,9-11,15,20,23,27H,5-6,8,12-14,16H2,1-2H3/p+1/t20-,23-,24+/m0/s1. The fourth-order valence-corrected chi connectivity index (χ4v) is 5.46.